The SMILES string of the molecule is CCN1CCC(NC(=O)c2nn(C)c3nc(N4CCCCCCC4)ccc23)CC1C. The number of hydrogen-bond donors (Lipinski definition) is 1. The van der Waals surface area contributed by atoms with Crippen LogP contribution in [-0.4, -0.2) is 63.8 Å². The zero-order valence-corrected chi connectivity index (χ0v) is 18.7. The molecule has 1 amide bonds. The number of rotatable bonds is 4. The first-order valence-corrected chi connectivity index (χ1v) is 11.7. The molecule has 2 aromatic rings. The maximum Gasteiger partial charge on any atom is 0.272 e. The summed E-state index contributed by atoms with van der Waals surface area (Å²) in [4.78, 5) is 22.8. The Hall–Kier alpha value is -2.15. The van der Waals surface area contributed by atoms with E-state index in [9.17, 15) is 4.79 Å². The van der Waals surface area contributed by atoms with E-state index in [1.54, 1.807) is 4.68 Å². The summed E-state index contributed by atoms with van der Waals surface area (Å²) in [7, 11) is 1.88. The highest BCUT2D eigenvalue weighted by atomic mass is 16.2. The first kappa shape index (κ1) is 21.1. The fourth-order valence-electron chi connectivity index (χ4n) is 5.02. The third-order valence-electron chi connectivity index (χ3n) is 6.82. The topological polar surface area (TPSA) is 66.3 Å². The third kappa shape index (κ3) is 4.46. The minimum atomic E-state index is -0.0800. The minimum absolute atomic E-state index is 0.0800. The predicted octanol–water partition coefficient (Wildman–Crippen LogP) is 3.34. The van der Waals surface area contributed by atoms with Gasteiger partial charge in [-0.2, -0.15) is 5.10 Å². The molecular formula is C23H36N6O. The number of nitrogens with one attached hydrogen (secondary N) is 1. The molecule has 2 saturated heterocycles. The molecule has 0 radical (unpaired) electrons. The van der Waals surface area contributed by atoms with Crippen molar-refractivity contribution in [3.63, 3.8) is 0 Å². The second-order valence-electron chi connectivity index (χ2n) is 8.94. The number of fused-ring (bicyclic) bond motifs is 1. The lowest BCUT2D eigenvalue weighted by Crippen LogP contribution is -2.48. The smallest absolute Gasteiger partial charge is 0.272 e. The number of pyridine rings is 1. The van der Waals surface area contributed by atoms with E-state index in [1.807, 2.05) is 13.1 Å². The van der Waals surface area contributed by atoms with Crippen LogP contribution in [0.1, 0.15) is 69.3 Å². The Morgan fingerprint density at radius 1 is 1.13 bits per heavy atom. The maximum atomic E-state index is 13.0. The molecule has 0 bridgehead atoms. The van der Waals surface area contributed by atoms with Crippen LogP contribution in [0.5, 0.6) is 0 Å². The van der Waals surface area contributed by atoms with E-state index in [1.165, 1.54) is 32.1 Å². The highest BCUT2D eigenvalue weighted by Gasteiger charge is 2.27. The molecule has 2 unspecified atom stereocenters. The van der Waals surface area contributed by atoms with Gasteiger partial charge in [-0.05, 0) is 51.3 Å². The molecule has 4 heterocycles. The van der Waals surface area contributed by atoms with Gasteiger partial charge in [-0.3, -0.25) is 4.79 Å². The largest absolute Gasteiger partial charge is 0.357 e. The quantitative estimate of drug-likeness (QED) is 0.834. The standard InChI is InChI=1S/C23H36N6O/c1-4-28-15-12-18(16-17(28)2)24-23(30)21-19-10-11-20(25-22(19)27(3)26-21)29-13-8-6-5-7-9-14-29/h10-11,17-18H,4-9,12-16H2,1-3H3,(H,24,30). The van der Waals surface area contributed by atoms with E-state index >= 15 is 0 Å². The molecule has 4 rings (SSSR count). The molecule has 2 aromatic heterocycles. The van der Waals surface area contributed by atoms with Crippen LogP contribution in [0.2, 0.25) is 0 Å². The van der Waals surface area contributed by atoms with Crippen molar-refractivity contribution >= 4 is 22.8 Å². The lowest BCUT2D eigenvalue weighted by Gasteiger charge is -2.37. The number of carbonyl (C=O) groups excluding carboxylic acids is 1. The van der Waals surface area contributed by atoms with Gasteiger partial charge in [-0.15, -0.1) is 0 Å². The monoisotopic (exact) mass is 412 g/mol. The number of aryl methyl sites for hydroxylation is 1. The lowest BCUT2D eigenvalue weighted by atomic mass is 9.98. The van der Waals surface area contributed by atoms with Gasteiger partial charge in [-0.1, -0.05) is 26.2 Å². The Morgan fingerprint density at radius 3 is 2.57 bits per heavy atom. The molecule has 0 aliphatic carbocycles. The second kappa shape index (κ2) is 9.33. The molecule has 7 heteroatoms. The first-order chi connectivity index (χ1) is 14.6. The normalized spacial score (nSPS) is 23.9. The number of amides is 1. The number of nitrogens with zero attached hydrogens (tertiary/aromatic N) is 5. The van der Waals surface area contributed by atoms with E-state index in [-0.39, 0.29) is 11.9 Å². The van der Waals surface area contributed by atoms with Crippen LogP contribution >= 0.6 is 0 Å². The predicted molar refractivity (Wildman–Crippen MR) is 121 cm³/mol. The van der Waals surface area contributed by atoms with Gasteiger partial charge in [0.05, 0.1) is 5.39 Å². The minimum Gasteiger partial charge on any atom is -0.357 e. The van der Waals surface area contributed by atoms with Crippen molar-refractivity contribution in [3.8, 4) is 0 Å². The van der Waals surface area contributed by atoms with Crippen molar-refractivity contribution in [2.45, 2.75) is 70.9 Å². The molecule has 7 nitrogen and oxygen atoms in total. The molecular weight excluding hydrogens is 376 g/mol. The fourth-order valence-corrected chi connectivity index (χ4v) is 5.02. The van der Waals surface area contributed by atoms with Crippen LogP contribution in [0.15, 0.2) is 12.1 Å². The van der Waals surface area contributed by atoms with Crippen LogP contribution in [-0.2, 0) is 7.05 Å². The number of aromatic nitrogens is 3. The zero-order chi connectivity index (χ0) is 21.1. The van der Waals surface area contributed by atoms with Crippen molar-refractivity contribution in [2.75, 3.05) is 31.1 Å². The Labute approximate surface area is 179 Å². The van der Waals surface area contributed by atoms with Crippen molar-refractivity contribution in [2.24, 2.45) is 7.05 Å². The molecule has 0 spiro atoms. The summed E-state index contributed by atoms with van der Waals surface area (Å²) in [6.45, 7) is 8.65. The molecule has 2 aliphatic rings. The number of likely N-dealkylation sites (tertiary alicyclic amines) is 1. The van der Waals surface area contributed by atoms with Gasteiger partial charge in [-0.25, -0.2) is 9.67 Å². The average molecular weight is 413 g/mol. The molecule has 0 saturated carbocycles. The highest BCUT2D eigenvalue weighted by molar-refractivity contribution is 6.04. The summed E-state index contributed by atoms with van der Waals surface area (Å²) in [6, 6.07) is 4.79. The fraction of sp³-hybridized carbons (Fsp3) is 0.696. The van der Waals surface area contributed by atoms with E-state index in [0.29, 0.717) is 11.7 Å². The van der Waals surface area contributed by atoms with Crippen molar-refractivity contribution in [3.05, 3.63) is 17.8 Å². The van der Waals surface area contributed by atoms with Crippen LogP contribution in [0.3, 0.4) is 0 Å². The van der Waals surface area contributed by atoms with Gasteiger partial charge in [0.1, 0.15) is 5.82 Å². The Kier molecular flexibility index (Phi) is 6.56. The molecule has 0 aromatic carbocycles. The van der Waals surface area contributed by atoms with Gasteiger partial charge < -0.3 is 15.1 Å². The van der Waals surface area contributed by atoms with E-state index in [0.717, 1.165) is 55.9 Å². The van der Waals surface area contributed by atoms with Crippen LogP contribution in [0.4, 0.5) is 5.82 Å². The number of anilines is 1. The lowest BCUT2D eigenvalue weighted by molar-refractivity contribution is 0.0878. The summed E-state index contributed by atoms with van der Waals surface area (Å²) in [6.07, 6.45) is 8.35. The highest BCUT2D eigenvalue weighted by Crippen LogP contribution is 2.24. The van der Waals surface area contributed by atoms with Crippen molar-refractivity contribution < 1.29 is 4.79 Å². The molecule has 2 fully saturated rings. The van der Waals surface area contributed by atoms with Crippen molar-refractivity contribution in [1.82, 2.24) is 25.0 Å². The van der Waals surface area contributed by atoms with Crippen LogP contribution in [0, 0.1) is 0 Å². The molecule has 30 heavy (non-hydrogen) atoms. The van der Waals surface area contributed by atoms with Crippen molar-refractivity contribution in [1.29, 1.82) is 0 Å². The Bertz CT molecular complexity index is 870. The van der Waals surface area contributed by atoms with Crippen LogP contribution < -0.4 is 10.2 Å². The van der Waals surface area contributed by atoms with Gasteiger partial charge in [0.15, 0.2) is 11.3 Å². The maximum absolute atomic E-state index is 13.0. The molecule has 2 aliphatic heterocycles. The molecule has 2 atom stereocenters. The molecule has 1 N–H and O–H groups in total. The molecule has 164 valence electrons. The number of piperidine rings is 1. The van der Waals surface area contributed by atoms with Gasteiger partial charge in [0, 0.05) is 38.8 Å². The van der Waals surface area contributed by atoms with Crippen LogP contribution in [0.25, 0.3) is 11.0 Å². The van der Waals surface area contributed by atoms with Gasteiger partial charge in [0.2, 0.25) is 0 Å². The second-order valence-corrected chi connectivity index (χ2v) is 8.94. The summed E-state index contributed by atoms with van der Waals surface area (Å²) in [5.41, 5.74) is 1.28. The number of hydrogen-bond acceptors (Lipinski definition) is 5. The zero-order valence-electron chi connectivity index (χ0n) is 18.7. The van der Waals surface area contributed by atoms with E-state index in [2.05, 4.69) is 40.1 Å². The third-order valence-corrected chi connectivity index (χ3v) is 6.82. The average Bonchev–Trinajstić information content (AvgIpc) is 3.04. The van der Waals surface area contributed by atoms with E-state index < -0.39 is 0 Å². The number of carbonyl (C=O) groups is 1. The van der Waals surface area contributed by atoms with Gasteiger partial charge >= 0.3 is 0 Å². The summed E-state index contributed by atoms with van der Waals surface area (Å²) in [5.74, 6) is 0.920. The first-order valence-electron chi connectivity index (χ1n) is 11.7. The van der Waals surface area contributed by atoms with E-state index in [4.69, 9.17) is 4.98 Å². The summed E-state index contributed by atoms with van der Waals surface area (Å²) < 4.78 is 1.75. The summed E-state index contributed by atoms with van der Waals surface area (Å²) in [5, 5.41) is 8.61. The Morgan fingerprint density at radius 2 is 1.87 bits per heavy atom. The Balaban J connectivity index is 1.50. The van der Waals surface area contributed by atoms with Gasteiger partial charge in [0.25, 0.3) is 5.91 Å². The summed E-state index contributed by atoms with van der Waals surface area (Å²) >= 11 is 0.